The fourth-order valence-corrected chi connectivity index (χ4v) is 2.46. The molecule has 5 heteroatoms. The third kappa shape index (κ3) is 6.39. The van der Waals surface area contributed by atoms with Crippen molar-refractivity contribution >= 4 is 17.6 Å². The van der Waals surface area contributed by atoms with Crippen LogP contribution >= 0.6 is 0 Å². The van der Waals surface area contributed by atoms with Crippen LogP contribution in [0.5, 0.6) is 0 Å². The molecule has 0 spiro atoms. The minimum atomic E-state index is -0.361. The molecule has 0 bridgehead atoms. The van der Waals surface area contributed by atoms with E-state index in [2.05, 4.69) is 17.4 Å². The third-order valence-electron chi connectivity index (χ3n) is 3.56. The van der Waals surface area contributed by atoms with E-state index in [0.29, 0.717) is 17.8 Å². The highest BCUT2D eigenvalue weighted by Gasteiger charge is 2.12. The van der Waals surface area contributed by atoms with Gasteiger partial charge in [-0.2, -0.15) is 0 Å². The van der Waals surface area contributed by atoms with Crippen LogP contribution in [0.2, 0.25) is 0 Å². The second-order valence-electron chi connectivity index (χ2n) is 6.38. The van der Waals surface area contributed by atoms with Crippen molar-refractivity contribution < 1.29 is 19.2 Å². The van der Waals surface area contributed by atoms with E-state index in [-0.39, 0.29) is 18.0 Å². The Bertz CT molecular complexity index is 697. The Morgan fingerprint density at radius 2 is 1.68 bits per heavy atom. The molecular weight excluding hydrogens is 316 g/mol. The van der Waals surface area contributed by atoms with E-state index in [4.69, 9.17) is 4.74 Å². The van der Waals surface area contributed by atoms with Gasteiger partial charge in [-0.15, -0.1) is 0 Å². The number of nitrogens with one attached hydrogen (secondary N) is 2. The smallest absolute Gasteiger partial charge is 0.338 e. The van der Waals surface area contributed by atoms with Crippen LogP contribution in [0.15, 0.2) is 54.6 Å². The van der Waals surface area contributed by atoms with Crippen LogP contribution in [0.25, 0.3) is 0 Å². The lowest BCUT2D eigenvalue weighted by atomic mass is 10.2. The summed E-state index contributed by atoms with van der Waals surface area (Å²) < 4.78 is 5.14. The van der Waals surface area contributed by atoms with Crippen LogP contribution in [0.1, 0.15) is 29.8 Å². The predicted molar refractivity (Wildman–Crippen MR) is 97.5 cm³/mol. The molecule has 2 N–H and O–H groups in total. The largest absolute Gasteiger partial charge is 0.459 e. The normalized spacial score (nSPS) is 11.8. The maximum Gasteiger partial charge on any atom is 0.338 e. The summed E-state index contributed by atoms with van der Waals surface area (Å²) in [6, 6.07) is 16.8. The maximum absolute atomic E-state index is 12.2. The molecule has 0 saturated heterocycles. The minimum absolute atomic E-state index is 0.0639. The fourth-order valence-electron chi connectivity index (χ4n) is 2.46. The molecule has 1 unspecified atom stereocenters. The van der Waals surface area contributed by atoms with Crippen molar-refractivity contribution in [2.75, 3.05) is 18.9 Å². The number of hydrogen-bond acceptors (Lipinski definition) is 3. The Kier molecular flexibility index (Phi) is 6.71. The van der Waals surface area contributed by atoms with E-state index in [9.17, 15) is 9.59 Å². The molecule has 0 saturated carbocycles. The third-order valence-corrected chi connectivity index (χ3v) is 3.56. The molecule has 0 radical (unpaired) electrons. The van der Waals surface area contributed by atoms with E-state index in [1.807, 2.05) is 25.2 Å². The Hall–Kier alpha value is -2.66. The lowest BCUT2D eigenvalue weighted by Gasteiger charge is -2.14. The number of anilines is 1. The van der Waals surface area contributed by atoms with Gasteiger partial charge in [0, 0.05) is 11.3 Å². The summed E-state index contributed by atoms with van der Waals surface area (Å²) in [5, 5.41) is 2.85. The van der Waals surface area contributed by atoms with E-state index in [1.54, 1.807) is 38.1 Å². The second-order valence-corrected chi connectivity index (χ2v) is 6.38. The van der Waals surface area contributed by atoms with Gasteiger partial charge in [0.25, 0.3) is 5.91 Å². The molecule has 0 aliphatic carbocycles. The predicted octanol–water partition coefficient (Wildman–Crippen LogP) is 1.91. The zero-order chi connectivity index (χ0) is 18.2. The Balaban J connectivity index is 1.84. The van der Waals surface area contributed by atoms with Gasteiger partial charge < -0.3 is 15.0 Å². The molecule has 0 aliphatic rings. The standard InChI is InChI=1S/C20H24N2O3/c1-15(2)25-20(24)17-9-11-18(12-10-17)21-19(23)14-22(3)13-16-7-5-4-6-8-16/h4-12,15H,13-14H2,1-3H3,(H,21,23)/p+1. The van der Waals surface area contributed by atoms with Crippen molar-refractivity contribution in [3.8, 4) is 0 Å². The Morgan fingerprint density at radius 3 is 2.28 bits per heavy atom. The first-order valence-electron chi connectivity index (χ1n) is 8.40. The van der Waals surface area contributed by atoms with Gasteiger partial charge in [-0.05, 0) is 38.1 Å². The number of carbonyl (C=O) groups is 2. The number of hydrogen-bond donors (Lipinski definition) is 2. The van der Waals surface area contributed by atoms with Crippen LogP contribution in [0, 0.1) is 0 Å². The zero-order valence-corrected chi connectivity index (χ0v) is 14.9. The van der Waals surface area contributed by atoms with E-state index in [0.717, 1.165) is 11.4 Å². The molecule has 0 aliphatic heterocycles. The number of carbonyl (C=O) groups excluding carboxylic acids is 2. The molecule has 2 rings (SSSR count). The van der Waals surface area contributed by atoms with Gasteiger partial charge in [-0.25, -0.2) is 4.79 Å². The topological polar surface area (TPSA) is 59.8 Å². The molecule has 5 nitrogen and oxygen atoms in total. The van der Waals surface area contributed by atoms with Gasteiger partial charge >= 0.3 is 5.97 Å². The quantitative estimate of drug-likeness (QED) is 0.756. The highest BCUT2D eigenvalue weighted by Crippen LogP contribution is 2.11. The van der Waals surface area contributed by atoms with Crippen LogP contribution in [-0.4, -0.2) is 31.6 Å². The van der Waals surface area contributed by atoms with E-state index >= 15 is 0 Å². The number of likely N-dealkylation sites (N-methyl/N-ethyl adjacent to an activating group) is 1. The van der Waals surface area contributed by atoms with Crippen molar-refractivity contribution in [2.45, 2.75) is 26.5 Å². The van der Waals surface area contributed by atoms with Crippen LogP contribution in [-0.2, 0) is 16.1 Å². The molecule has 0 aromatic heterocycles. The molecule has 0 fully saturated rings. The molecule has 2 aromatic rings. The number of quaternary nitrogens is 1. The lowest BCUT2D eigenvalue weighted by Crippen LogP contribution is -3.08. The summed E-state index contributed by atoms with van der Waals surface area (Å²) in [6.45, 7) is 4.77. The van der Waals surface area contributed by atoms with Gasteiger partial charge in [-0.1, -0.05) is 30.3 Å². The molecular formula is C20H25N2O3+. The molecule has 1 amide bonds. The second kappa shape index (κ2) is 8.99. The molecule has 2 aromatic carbocycles. The lowest BCUT2D eigenvalue weighted by molar-refractivity contribution is -0.885. The van der Waals surface area contributed by atoms with Crippen molar-refractivity contribution in [1.29, 1.82) is 0 Å². The number of amides is 1. The van der Waals surface area contributed by atoms with E-state index in [1.165, 1.54) is 5.56 Å². The number of ether oxygens (including phenoxy) is 1. The highest BCUT2D eigenvalue weighted by molar-refractivity contribution is 5.93. The Morgan fingerprint density at radius 1 is 1.04 bits per heavy atom. The van der Waals surface area contributed by atoms with Crippen molar-refractivity contribution in [2.24, 2.45) is 0 Å². The summed E-state index contributed by atoms with van der Waals surface area (Å²) in [5.74, 6) is -0.425. The average molecular weight is 341 g/mol. The monoisotopic (exact) mass is 341 g/mol. The first-order valence-corrected chi connectivity index (χ1v) is 8.40. The summed E-state index contributed by atoms with van der Waals surface area (Å²) in [6.07, 6.45) is -0.157. The number of benzene rings is 2. The van der Waals surface area contributed by atoms with Gasteiger partial charge in [0.05, 0.1) is 18.7 Å². The summed E-state index contributed by atoms with van der Waals surface area (Å²) in [5.41, 5.74) is 2.33. The summed E-state index contributed by atoms with van der Waals surface area (Å²) in [4.78, 5) is 25.0. The molecule has 1 atom stereocenters. The molecule has 132 valence electrons. The number of rotatable bonds is 7. The summed E-state index contributed by atoms with van der Waals surface area (Å²) in [7, 11) is 1.98. The maximum atomic E-state index is 12.2. The minimum Gasteiger partial charge on any atom is -0.459 e. The zero-order valence-electron chi connectivity index (χ0n) is 14.9. The average Bonchev–Trinajstić information content (AvgIpc) is 2.55. The van der Waals surface area contributed by atoms with Gasteiger partial charge in [-0.3, -0.25) is 4.79 Å². The molecule has 0 heterocycles. The van der Waals surface area contributed by atoms with Crippen molar-refractivity contribution in [1.82, 2.24) is 0 Å². The van der Waals surface area contributed by atoms with Gasteiger partial charge in [0.15, 0.2) is 6.54 Å². The summed E-state index contributed by atoms with van der Waals surface area (Å²) >= 11 is 0. The van der Waals surface area contributed by atoms with Crippen molar-refractivity contribution in [3.05, 3.63) is 65.7 Å². The van der Waals surface area contributed by atoms with Gasteiger partial charge in [0.1, 0.15) is 6.54 Å². The first kappa shape index (κ1) is 18.7. The number of esters is 1. The van der Waals surface area contributed by atoms with Crippen LogP contribution < -0.4 is 10.2 Å². The van der Waals surface area contributed by atoms with Crippen LogP contribution in [0.4, 0.5) is 5.69 Å². The first-order chi connectivity index (χ1) is 11.9. The van der Waals surface area contributed by atoms with E-state index < -0.39 is 0 Å². The highest BCUT2D eigenvalue weighted by atomic mass is 16.5. The SMILES string of the molecule is CC(C)OC(=O)c1ccc(NC(=O)C[NH+](C)Cc2ccccc2)cc1. The molecule has 25 heavy (non-hydrogen) atoms. The Labute approximate surface area is 148 Å². The van der Waals surface area contributed by atoms with Gasteiger partial charge in [0.2, 0.25) is 0 Å². The van der Waals surface area contributed by atoms with Crippen molar-refractivity contribution in [3.63, 3.8) is 0 Å². The van der Waals surface area contributed by atoms with Crippen LogP contribution in [0.3, 0.4) is 0 Å². The fraction of sp³-hybridized carbons (Fsp3) is 0.300.